The molecule has 0 aliphatic rings. The van der Waals surface area contributed by atoms with Gasteiger partial charge < -0.3 is 10.8 Å². The van der Waals surface area contributed by atoms with Crippen LogP contribution in [0.4, 0.5) is 0 Å². The van der Waals surface area contributed by atoms with E-state index in [1.165, 1.54) is 11.8 Å². The smallest absolute Gasteiger partial charge is 0.321 e. The average Bonchev–Trinajstić information content (AvgIpc) is 2.29. The number of nitriles is 1. The third kappa shape index (κ3) is 3.53. The van der Waals surface area contributed by atoms with Crippen LogP contribution < -0.4 is 5.73 Å². The minimum atomic E-state index is -1.01. The second-order valence-corrected chi connectivity index (χ2v) is 4.11. The fourth-order valence-corrected chi connectivity index (χ4v) is 1.99. The molecule has 1 aromatic heterocycles. The zero-order valence-electron chi connectivity index (χ0n) is 8.46. The second kappa shape index (κ2) is 6.10. The summed E-state index contributed by atoms with van der Waals surface area (Å²) in [6, 6.07) is 4.66. The van der Waals surface area contributed by atoms with Crippen molar-refractivity contribution < 1.29 is 9.90 Å². The molecule has 0 fully saturated rings. The van der Waals surface area contributed by atoms with Crippen LogP contribution in [0.3, 0.4) is 0 Å². The van der Waals surface area contributed by atoms with Crippen molar-refractivity contribution in [1.29, 1.82) is 5.26 Å². The molecule has 0 saturated heterocycles. The van der Waals surface area contributed by atoms with Gasteiger partial charge in [-0.2, -0.15) is 17.0 Å². The predicted octanol–water partition coefficient (Wildman–Crippen LogP) is 0.598. The van der Waals surface area contributed by atoms with E-state index in [4.69, 9.17) is 16.1 Å². The van der Waals surface area contributed by atoms with Crippen LogP contribution in [0.2, 0.25) is 0 Å². The molecule has 84 valence electrons. The second-order valence-electron chi connectivity index (χ2n) is 3.08. The van der Waals surface area contributed by atoms with Gasteiger partial charge in [-0.15, -0.1) is 0 Å². The van der Waals surface area contributed by atoms with Crippen molar-refractivity contribution in [1.82, 2.24) is 4.98 Å². The summed E-state index contributed by atoms with van der Waals surface area (Å²) in [6.45, 7) is 0. The van der Waals surface area contributed by atoms with Gasteiger partial charge in [0.25, 0.3) is 0 Å². The van der Waals surface area contributed by atoms with Crippen molar-refractivity contribution in [3.63, 3.8) is 0 Å². The monoisotopic (exact) mass is 237 g/mol. The molecule has 1 rings (SSSR count). The first-order valence-electron chi connectivity index (χ1n) is 4.55. The summed E-state index contributed by atoms with van der Waals surface area (Å²) in [5.41, 5.74) is 6.52. The van der Waals surface area contributed by atoms with Crippen molar-refractivity contribution in [2.24, 2.45) is 5.73 Å². The van der Waals surface area contributed by atoms with Crippen molar-refractivity contribution >= 4 is 17.7 Å². The van der Waals surface area contributed by atoms with Crippen LogP contribution in [0.15, 0.2) is 18.3 Å². The van der Waals surface area contributed by atoms with E-state index in [0.29, 0.717) is 17.2 Å². The number of carboxylic acid groups (broad SMARTS) is 1. The number of aliphatic carboxylic acids is 1. The highest BCUT2D eigenvalue weighted by Crippen LogP contribution is 2.14. The Labute approximate surface area is 97.3 Å². The van der Waals surface area contributed by atoms with Gasteiger partial charge in [-0.05, 0) is 11.6 Å². The number of nitrogens with zero attached hydrogens (tertiary/aromatic N) is 2. The Morgan fingerprint density at radius 3 is 3.12 bits per heavy atom. The summed E-state index contributed by atoms with van der Waals surface area (Å²) in [5, 5.41) is 17.4. The molecule has 0 bridgehead atoms. The van der Waals surface area contributed by atoms with Crippen LogP contribution in [0, 0.1) is 11.3 Å². The maximum Gasteiger partial charge on any atom is 0.321 e. The Kier molecular flexibility index (Phi) is 4.76. The van der Waals surface area contributed by atoms with Gasteiger partial charge in [0.05, 0.1) is 0 Å². The van der Waals surface area contributed by atoms with E-state index in [9.17, 15) is 4.79 Å². The predicted molar refractivity (Wildman–Crippen MR) is 60.7 cm³/mol. The maximum absolute atomic E-state index is 10.5. The Bertz CT molecular complexity index is 417. The lowest BCUT2D eigenvalue weighted by Crippen LogP contribution is -2.32. The van der Waals surface area contributed by atoms with Gasteiger partial charge >= 0.3 is 5.97 Å². The number of hydrogen-bond acceptors (Lipinski definition) is 5. The topological polar surface area (TPSA) is 100 Å². The fourth-order valence-electron chi connectivity index (χ4n) is 1.02. The van der Waals surface area contributed by atoms with Gasteiger partial charge in [-0.3, -0.25) is 4.79 Å². The zero-order chi connectivity index (χ0) is 12.0. The molecule has 0 aliphatic heterocycles. The Hall–Kier alpha value is -1.58. The van der Waals surface area contributed by atoms with Gasteiger partial charge in [0, 0.05) is 17.7 Å². The number of nitrogens with two attached hydrogens (primary N) is 1. The molecule has 1 atom stereocenters. The van der Waals surface area contributed by atoms with Crippen molar-refractivity contribution in [2.75, 3.05) is 5.75 Å². The summed E-state index contributed by atoms with van der Waals surface area (Å²) in [5.74, 6) is -0.161. The van der Waals surface area contributed by atoms with Gasteiger partial charge in [0.2, 0.25) is 0 Å². The van der Waals surface area contributed by atoms with Gasteiger partial charge in [-0.1, -0.05) is 6.07 Å². The summed E-state index contributed by atoms with van der Waals surface area (Å²) >= 11 is 1.38. The number of pyridine rings is 1. The van der Waals surface area contributed by atoms with Crippen LogP contribution in [-0.2, 0) is 10.5 Å². The fraction of sp³-hybridized carbons (Fsp3) is 0.300. The lowest BCUT2D eigenvalue weighted by molar-refractivity contribution is -0.137. The first kappa shape index (κ1) is 12.5. The summed E-state index contributed by atoms with van der Waals surface area (Å²) in [7, 11) is 0. The summed E-state index contributed by atoms with van der Waals surface area (Å²) in [4.78, 5) is 14.4. The minimum Gasteiger partial charge on any atom is -0.480 e. The van der Waals surface area contributed by atoms with Gasteiger partial charge in [0.15, 0.2) is 0 Å². The van der Waals surface area contributed by atoms with E-state index in [0.717, 1.165) is 5.56 Å². The first-order valence-corrected chi connectivity index (χ1v) is 5.70. The number of carboxylic acids is 1. The lowest BCUT2D eigenvalue weighted by atomic mass is 10.2. The number of carbonyl (C=O) groups is 1. The molecule has 16 heavy (non-hydrogen) atoms. The number of thioether (sulfide) groups is 1. The molecule has 0 amide bonds. The third-order valence-corrected chi connectivity index (χ3v) is 2.98. The van der Waals surface area contributed by atoms with E-state index < -0.39 is 12.0 Å². The van der Waals surface area contributed by atoms with Crippen molar-refractivity contribution in [3.05, 3.63) is 29.6 Å². The molecule has 0 aliphatic carbocycles. The molecule has 1 heterocycles. The lowest BCUT2D eigenvalue weighted by Gasteiger charge is -2.06. The third-order valence-electron chi connectivity index (χ3n) is 1.87. The summed E-state index contributed by atoms with van der Waals surface area (Å²) in [6.07, 6.45) is 1.55. The van der Waals surface area contributed by atoms with Crippen LogP contribution in [0.25, 0.3) is 0 Å². The molecule has 0 unspecified atom stereocenters. The van der Waals surface area contributed by atoms with E-state index in [2.05, 4.69) is 4.98 Å². The van der Waals surface area contributed by atoms with Crippen LogP contribution >= 0.6 is 11.8 Å². The van der Waals surface area contributed by atoms with Crippen molar-refractivity contribution in [2.45, 2.75) is 11.8 Å². The van der Waals surface area contributed by atoms with Gasteiger partial charge in [0.1, 0.15) is 17.8 Å². The normalized spacial score (nSPS) is 11.8. The molecular formula is C10H11N3O2S. The molecular weight excluding hydrogens is 226 g/mol. The zero-order valence-corrected chi connectivity index (χ0v) is 9.28. The molecule has 0 radical (unpaired) electrons. The standard InChI is InChI=1S/C10H11N3O2S/c11-4-9-7(2-1-3-13-9)5-16-6-8(12)10(14)15/h1-3,8H,5-6,12H2,(H,14,15)/t8-/m1/s1. The van der Waals surface area contributed by atoms with Crippen molar-refractivity contribution in [3.8, 4) is 6.07 Å². The van der Waals surface area contributed by atoms with E-state index in [1.807, 2.05) is 6.07 Å². The SMILES string of the molecule is N#Cc1ncccc1CSC[C@@H](N)C(=O)O. The number of hydrogen-bond donors (Lipinski definition) is 2. The Morgan fingerprint density at radius 2 is 2.50 bits per heavy atom. The van der Waals surface area contributed by atoms with E-state index in [1.54, 1.807) is 18.3 Å². The summed E-state index contributed by atoms with van der Waals surface area (Å²) < 4.78 is 0. The quantitative estimate of drug-likeness (QED) is 0.777. The molecule has 0 aromatic carbocycles. The van der Waals surface area contributed by atoms with Crippen LogP contribution in [0.1, 0.15) is 11.3 Å². The molecule has 5 nitrogen and oxygen atoms in total. The average molecular weight is 237 g/mol. The largest absolute Gasteiger partial charge is 0.480 e. The Morgan fingerprint density at radius 1 is 1.75 bits per heavy atom. The van der Waals surface area contributed by atoms with Crippen LogP contribution in [0.5, 0.6) is 0 Å². The minimum absolute atomic E-state index is 0.315. The highest BCUT2D eigenvalue weighted by Gasteiger charge is 2.11. The molecule has 1 aromatic rings. The number of aromatic nitrogens is 1. The number of rotatable bonds is 5. The molecule has 6 heteroatoms. The van der Waals surface area contributed by atoms with E-state index in [-0.39, 0.29) is 0 Å². The maximum atomic E-state index is 10.5. The van der Waals surface area contributed by atoms with Crippen LogP contribution in [-0.4, -0.2) is 27.9 Å². The van der Waals surface area contributed by atoms with Gasteiger partial charge in [-0.25, -0.2) is 4.98 Å². The first-order chi connectivity index (χ1) is 7.65. The highest BCUT2D eigenvalue weighted by atomic mass is 32.2. The van der Waals surface area contributed by atoms with E-state index >= 15 is 0 Å². The molecule has 0 spiro atoms. The highest BCUT2D eigenvalue weighted by molar-refractivity contribution is 7.98. The molecule has 3 N–H and O–H groups in total. The molecule has 0 saturated carbocycles. The Balaban J connectivity index is 2.49.